The van der Waals surface area contributed by atoms with Gasteiger partial charge in [0.05, 0.1) is 31.1 Å². The first kappa shape index (κ1) is 21.3. The molecule has 0 atom stereocenters. The third-order valence-electron chi connectivity index (χ3n) is 4.56. The number of esters is 1. The lowest BCUT2D eigenvalue weighted by Crippen LogP contribution is -2.40. The van der Waals surface area contributed by atoms with Crippen molar-refractivity contribution in [1.29, 1.82) is 0 Å². The molecule has 7 nitrogen and oxygen atoms in total. The number of para-hydroxylation sites is 1. The number of sulfonamides is 1. The number of aryl methyl sites for hydroxylation is 1. The van der Waals surface area contributed by atoms with E-state index in [2.05, 4.69) is 0 Å². The van der Waals surface area contributed by atoms with Crippen LogP contribution in [0.4, 0.5) is 0 Å². The Morgan fingerprint density at radius 1 is 1.10 bits per heavy atom. The number of hydrogen-bond acceptors (Lipinski definition) is 6. The molecule has 156 valence electrons. The minimum Gasteiger partial charge on any atom is -0.493 e. The molecule has 1 fully saturated rings. The maximum absolute atomic E-state index is 12.7. The third kappa shape index (κ3) is 5.79. The summed E-state index contributed by atoms with van der Waals surface area (Å²) in [5.41, 5.74) is 1.62. The van der Waals surface area contributed by atoms with Crippen molar-refractivity contribution in [3.63, 3.8) is 0 Å². The number of carbonyl (C=O) groups excluding carboxylic acids is 1. The van der Waals surface area contributed by atoms with E-state index < -0.39 is 16.0 Å². The van der Waals surface area contributed by atoms with Crippen molar-refractivity contribution < 1.29 is 27.4 Å². The summed E-state index contributed by atoms with van der Waals surface area (Å²) in [4.78, 5) is 12.2. The van der Waals surface area contributed by atoms with Crippen LogP contribution in [0.25, 0.3) is 0 Å². The van der Waals surface area contributed by atoms with Gasteiger partial charge in [0.15, 0.2) is 0 Å². The molecule has 2 aromatic carbocycles. The summed E-state index contributed by atoms with van der Waals surface area (Å²) in [6, 6.07) is 14.1. The second kappa shape index (κ2) is 9.87. The maximum Gasteiger partial charge on any atom is 0.309 e. The van der Waals surface area contributed by atoms with Gasteiger partial charge < -0.3 is 14.2 Å². The lowest BCUT2D eigenvalue weighted by molar-refractivity contribution is -0.145. The highest BCUT2D eigenvalue weighted by atomic mass is 32.2. The van der Waals surface area contributed by atoms with Crippen molar-refractivity contribution in [2.24, 2.45) is 0 Å². The van der Waals surface area contributed by atoms with E-state index in [0.29, 0.717) is 31.9 Å². The summed E-state index contributed by atoms with van der Waals surface area (Å²) in [7, 11) is -3.58. The Labute approximate surface area is 171 Å². The summed E-state index contributed by atoms with van der Waals surface area (Å²) in [5.74, 6) is 0.335. The van der Waals surface area contributed by atoms with E-state index in [9.17, 15) is 13.2 Å². The molecule has 1 aliphatic rings. The normalized spacial score (nSPS) is 15.1. The summed E-state index contributed by atoms with van der Waals surface area (Å²) in [6.45, 7) is 3.61. The maximum atomic E-state index is 12.7. The van der Waals surface area contributed by atoms with Gasteiger partial charge in [0.2, 0.25) is 10.0 Å². The fraction of sp³-hybridized carbons (Fsp3) is 0.381. The van der Waals surface area contributed by atoms with Gasteiger partial charge in [0, 0.05) is 13.1 Å². The van der Waals surface area contributed by atoms with Gasteiger partial charge in [-0.05, 0) is 36.2 Å². The second-order valence-corrected chi connectivity index (χ2v) is 8.63. The van der Waals surface area contributed by atoms with E-state index in [0.717, 1.165) is 11.3 Å². The molecule has 0 radical (unpaired) electrons. The van der Waals surface area contributed by atoms with Gasteiger partial charge in [-0.1, -0.05) is 30.3 Å². The van der Waals surface area contributed by atoms with Crippen LogP contribution < -0.4 is 4.74 Å². The first-order chi connectivity index (χ1) is 14.0. The highest BCUT2D eigenvalue weighted by molar-refractivity contribution is 7.89. The molecule has 1 saturated heterocycles. The van der Waals surface area contributed by atoms with E-state index in [-0.39, 0.29) is 24.5 Å². The minimum absolute atomic E-state index is 0.00959. The first-order valence-electron chi connectivity index (χ1n) is 9.48. The fourth-order valence-corrected chi connectivity index (χ4v) is 4.41. The Morgan fingerprint density at radius 2 is 1.86 bits per heavy atom. The molecule has 0 spiro atoms. The zero-order valence-electron chi connectivity index (χ0n) is 16.4. The highest BCUT2D eigenvalue weighted by Gasteiger charge is 2.26. The molecule has 1 heterocycles. The molecule has 0 saturated carbocycles. The quantitative estimate of drug-likeness (QED) is 0.612. The molecular weight excluding hydrogens is 394 g/mol. The molecule has 0 unspecified atom stereocenters. The number of morpholine rings is 1. The number of rotatable bonds is 8. The molecule has 0 bridgehead atoms. The molecule has 0 amide bonds. The van der Waals surface area contributed by atoms with E-state index >= 15 is 0 Å². The van der Waals surface area contributed by atoms with Gasteiger partial charge in [-0.15, -0.1) is 0 Å². The van der Waals surface area contributed by atoms with Crippen molar-refractivity contribution in [3.8, 4) is 5.75 Å². The second-order valence-electron chi connectivity index (χ2n) is 6.69. The monoisotopic (exact) mass is 419 g/mol. The zero-order chi connectivity index (χ0) is 20.7. The van der Waals surface area contributed by atoms with Crippen molar-refractivity contribution in [1.82, 2.24) is 4.31 Å². The molecule has 2 aromatic rings. The zero-order valence-corrected chi connectivity index (χ0v) is 17.2. The van der Waals surface area contributed by atoms with E-state index in [4.69, 9.17) is 14.2 Å². The number of hydrogen-bond donors (Lipinski definition) is 0. The summed E-state index contributed by atoms with van der Waals surface area (Å²) < 4.78 is 42.9. The molecule has 8 heteroatoms. The minimum atomic E-state index is -3.58. The van der Waals surface area contributed by atoms with Crippen LogP contribution in [-0.4, -0.2) is 51.6 Å². The van der Waals surface area contributed by atoms with Gasteiger partial charge in [-0.2, -0.15) is 4.31 Å². The SMILES string of the molecule is Cc1ccccc1OCCC(=O)OCc1cccc(S(=O)(=O)N2CCOCC2)c1. The Hall–Kier alpha value is -2.42. The Kier molecular flexibility index (Phi) is 7.24. The summed E-state index contributed by atoms with van der Waals surface area (Å²) >= 11 is 0. The van der Waals surface area contributed by atoms with E-state index in [1.54, 1.807) is 24.3 Å². The van der Waals surface area contributed by atoms with Gasteiger partial charge >= 0.3 is 5.97 Å². The number of ether oxygens (including phenoxy) is 3. The topological polar surface area (TPSA) is 82.1 Å². The van der Waals surface area contributed by atoms with Crippen LogP contribution in [0, 0.1) is 6.92 Å². The van der Waals surface area contributed by atoms with Crippen LogP contribution in [0.1, 0.15) is 17.5 Å². The van der Waals surface area contributed by atoms with Gasteiger partial charge in [0.25, 0.3) is 0 Å². The standard InChI is InChI=1S/C21H25NO6S/c1-17-5-2-3-8-20(17)27-12-9-21(23)28-16-18-6-4-7-19(15-18)29(24,25)22-10-13-26-14-11-22/h2-8,15H,9-14,16H2,1H3. The predicted molar refractivity (Wildman–Crippen MR) is 107 cm³/mol. The van der Waals surface area contributed by atoms with Crippen LogP contribution >= 0.6 is 0 Å². The predicted octanol–water partition coefficient (Wildman–Crippen LogP) is 2.53. The number of nitrogens with zero attached hydrogens (tertiary/aromatic N) is 1. The average molecular weight is 419 g/mol. The summed E-state index contributed by atoms with van der Waals surface area (Å²) in [6.07, 6.45) is 0.111. The van der Waals surface area contributed by atoms with E-state index in [1.807, 2.05) is 31.2 Å². The molecule has 0 aliphatic carbocycles. The Balaban J connectivity index is 1.51. The largest absolute Gasteiger partial charge is 0.493 e. The number of benzene rings is 2. The molecule has 3 rings (SSSR count). The summed E-state index contributed by atoms with van der Waals surface area (Å²) in [5, 5.41) is 0. The van der Waals surface area contributed by atoms with Crippen molar-refractivity contribution in [2.45, 2.75) is 24.8 Å². The lowest BCUT2D eigenvalue weighted by atomic mass is 10.2. The molecule has 0 N–H and O–H groups in total. The van der Waals surface area contributed by atoms with Crippen LogP contribution in [0.2, 0.25) is 0 Å². The Morgan fingerprint density at radius 3 is 2.62 bits per heavy atom. The van der Waals surface area contributed by atoms with Gasteiger partial charge in [-0.3, -0.25) is 4.79 Å². The van der Waals surface area contributed by atoms with Gasteiger partial charge in [0.1, 0.15) is 12.4 Å². The van der Waals surface area contributed by atoms with Crippen LogP contribution in [0.5, 0.6) is 5.75 Å². The van der Waals surface area contributed by atoms with Crippen molar-refractivity contribution in [2.75, 3.05) is 32.9 Å². The van der Waals surface area contributed by atoms with Crippen molar-refractivity contribution in [3.05, 3.63) is 59.7 Å². The third-order valence-corrected chi connectivity index (χ3v) is 6.46. The molecule has 0 aromatic heterocycles. The van der Waals surface area contributed by atoms with E-state index in [1.165, 1.54) is 4.31 Å². The first-order valence-corrected chi connectivity index (χ1v) is 10.9. The average Bonchev–Trinajstić information content (AvgIpc) is 2.74. The van der Waals surface area contributed by atoms with Crippen LogP contribution in [0.3, 0.4) is 0 Å². The molecule has 29 heavy (non-hydrogen) atoms. The Bertz CT molecular complexity index is 938. The molecule has 1 aliphatic heterocycles. The number of carbonyl (C=O) groups is 1. The van der Waals surface area contributed by atoms with Crippen LogP contribution in [-0.2, 0) is 30.9 Å². The lowest BCUT2D eigenvalue weighted by Gasteiger charge is -2.26. The highest BCUT2D eigenvalue weighted by Crippen LogP contribution is 2.19. The fourth-order valence-electron chi connectivity index (χ4n) is 2.93. The molecular formula is C21H25NO6S. The van der Waals surface area contributed by atoms with Gasteiger partial charge in [-0.25, -0.2) is 8.42 Å². The van der Waals surface area contributed by atoms with Crippen LogP contribution in [0.15, 0.2) is 53.4 Å². The smallest absolute Gasteiger partial charge is 0.309 e. The van der Waals surface area contributed by atoms with Crippen molar-refractivity contribution >= 4 is 16.0 Å².